The van der Waals surface area contributed by atoms with Crippen molar-refractivity contribution >= 4 is 22.4 Å². The lowest BCUT2D eigenvalue weighted by atomic mass is 10.0. The highest BCUT2D eigenvalue weighted by Crippen LogP contribution is 2.25. The van der Waals surface area contributed by atoms with Gasteiger partial charge in [0.25, 0.3) is 5.91 Å². The second-order valence-corrected chi connectivity index (χ2v) is 6.03. The monoisotopic (exact) mass is 327 g/mol. The van der Waals surface area contributed by atoms with E-state index < -0.39 is 5.82 Å². The number of anilines is 1. The number of pyridine rings is 1. The summed E-state index contributed by atoms with van der Waals surface area (Å²) in [7, 11) is 0. The predicted molar refractivity (Wildman–Crippen MR) is 89.2 cm³/mol. The van der Waals surface area contributed by atoms with Crippen molar-refractivity contribution in [3.63, 3.8) is 0 Å². The Morgan fingerprint density at radius 1 is 1.26 bits per heavy atom. The van der Waals surface area contributed by atoms with E-state index in [2.05, 4.69) is 15.3 Å². The Morgan fingerprint density at radius 2 is 2.09 bits per heavy atom. The molecule has 0 saturated carbocycles. The van der Waals surface area contributed by atoms with Gasteiger partial charge in [-0.05, 0) is 49.2 Å². The van der Waals surface area contributed by atoms with Crippen molar-refractivity contribution in [3.8, 4) is 11.1 Å². The van der Waals surface area contributed by atoms with Gasteiger partial charge in [0.05, 0.1) is 5.69 Å². The summed E-state index contributed by atoms with van der Waals surface area (Å²) in [4.78, 5) is 20.6. The summed E-state index contributed by atoms with van der Waals surface area (Å²) in [6, 6.07) is 6.11. The lowest BCUT2D eigenvalue weighted by Crippen LogP contribution is -2.12. The maximum absolute atomic E-state index is 13.9. The van der Waals surface area contributed by atoms with Crippen LogP contribution in [0.15, 0.2) is 42.0 Å². The number of hydrogen-bond acceptors (Lipinski definition) is 4. The summed E-state index contributed by atoms with van der Waals surface area (Å²) in [5, 5.41) is 5.02. The third-order valence-electron chi connectivity index (χ3n) is 3.35. The first-order valence-corrected chi connectivity index (χ1v) is 7.86. The maximum Gasteiger partial charge on any atom is 0.257 e. The van der Waals surface area contributed by atoms with Gasteiger partial charge < -0.3 is 0 Å². The van der Waals surface area contributed by atoms with Crippen LogP contribution < -0.4 is 5.32 Å². The number of aromatic nitrogens is 2. The molecule has 0 unspecified atom stereocenters. The van der Waals surface area contributed by atoms with E-state index in [-0.39, 0.29) is 11.5 Å². The van der Waals surface area contributed by atoms with Crippen molar-refractivity contribution in [2.75, 3.05) is 5.32 Å². The molecular formula is C17H14FN3OS. The highest BCUT2D eigenvalue weighted by molar-refractivity contribution is 7.13. The molecule has 4 nitrogen and oxygen atoms in total. The smallest absolute Gasteiger partial charge is 0.257 e. The Bertz CT molecular complexity index is 876. The molecule has 0 aliphatic rings. The number of thiazole rings is 1. The Labute approximate surface area is 137 Å². The van der Waals surface area contributed by atoms with Gasteiger partial charge in [0.1, 0.15) is 5.82 Å². The van der Waals surface area contributed by atoms with Crippen molar-refractivity contribution < 1.29 is 9.18 Å². The number of rotatable bonds is 3. The average Bonchev–Trinajstić information content (AvgIpc) is 2.92. The third kappa shape index (κ3) is 3.43. The molecule has 23 heavy (non-hydrogen) atoms. The molecule has 3 aromatic rings. The Hall–Kier alpha value is -2.60. The zero-order chi connectivity index (χ0) is 16.4. The summed E-state index contributed by atoms with van der Waals surface area (Å²) in [5.41, 5.74) is 3.46. The van der Waals surface area contributed by atoms with Crippen LogP contribution in [0.1, 0.15) is 21.6 Å². The fraction of sp³-hybridized carbons (Fsp3) is 0.118. The van der Waals surface area contributed by atoms with Crippen molar-refractivity contribution in [1.29, 1.82) is 0 Å². The van der Waals surface area contributed by atoms with Crippen LogP contribution >= 0.6 is 11.3 Å². The highest BCUT2D eigenvalue weighted by atomic mass is 32.1. The van der Waals surface area contributed by atoms with E-state index >= 15 is 0 Å². The van der Waals surface area contributed by atoms with Gasteiger partial charge in [-0.3, -0.25) is 15.1 Å². The Kier molecular flexibility index (Phi) is 4.16. The molecule has 3 rings (SSSR count). The fourth-order valence-electron chi connectivity index (χ4n) is 2.22. The van der Waals surface area contributed by atoms with Crippen LogP contribution in [0, 0.1) is 19.7 Å². The van der Waals surface area contributed by atoms with Crippen LogP contribution in [0.25, 0.3) is 11.1 Å². The maximum atomic E-state index is 13.9. The second kappa shape index (κ2) is 6.26. The normalized spacial score (nSPS) is 10.6. The first-order chi connectivity index (χ1) is 11.0. The van der Waals surface area contributed by atoms with Gasteiger partial charge >= 0.3 is 0 Å². The van der Waals surface area contributed by atoms with E-state index in [1.807, 2.05) is 25.3 Å². The topological polar surface area (TPSA) is 54.9 Å². The van der Waals surface area contributed by atoms with E-state index in [4.69, 9.17) is 0 Å². The number of nitrogens with one attached hydrogen (secondary N) is 1. The molecule has 0 aliphatic heterocycles. The second-order valence-electron chi connectivity index (χ2n) is 5.17. The van der Waals surface area contributed by atoms with E-state index in [0.717, 1.165) is 16.8 Å². The Morgan fingerprint density at radius 3 is 2.78 bits per heavy atom. The van der Waals surface area contributed by atoms with Crippen molar-refractivity contribution in [1.82, 2.24) is 9.97 Å². The lowest BCUT2D eigenvalue weighted by Gasteiger charge is -2.08. The third-order valence-corrected chi connectivity index (χ3v) is 4.23. The van der Waals surface area contributed by atoms with Gasteiger partial charge in [-0.25, -0.2) is 9.37 Å². The molecule has 1 N–H and O–H groups in total. The molecule has 6 heteroatoms. The number of hydrogen-bond donors (Lipinski definition) is 1. The summed E-state index contributed by atoms with van der Waals surface area (Å²) >= 11 is 1.33. The summed E-state index contributed by atoms with van der Waals surface area (Å²) in [6.07, 6.45) is 3.34. The van der Waals surface area contributed by atoms with Crippen LogP contribution in [0.4, 0.5) is 9.52 Å². The zero-order valence-electron chi connectivity index (χ0n) is 12.6. The molecule has 0 fully saturated rings. The molecule has 0 aliphatic carbocycles. The van der Waals surface area contributed by atoms with E-state index in [1.54, 1.807) is 18.5 Å². The molecule has 0 radical (unpaired) electrons. The number of carbonyl (C=O) groups is 1. The zero-order valence-corrected chi connectivity index (χ0v) is 13.4. The van der Waals surface area contributed by atoms with Gasteiger partial charge in [0, 0.05) is 28.9 Å². The molecule has 2 heterocycles. The van der Waals surface area contributed by atoms with Gasteiger partial charge in [0.15, 0.2) is 5.13 Å². The van der Waals surface area contributed by atoms with Crippen LogP contribution in [0.3, 0.4) is 0 Å². The molecule has 0 saturated heterocycles. The molecule has 0 atom stereocenters. The minimum absolute atomic E-state index is 0.246. The van der Waals surface area contributed by atoms with E-state index in [9.17, 15) is 9.18 Å². The first-order valence-electron chi connectivity index (χ1n) is 6.98. The number of halogens is 1. The average molecular weight is 327 g/mol. The fourth-order valence-corrected chi connectivity index (χ4v) is 2.91. The lowest BCUT2D eigenvalue weighted by molar-refractivity contribution is 0.102. The van der Waals surface area contributed by atoms with Gasteiger partial charge in [-0.1, -0.05) is 0 Å². The van der Waals surface area contributed by atoms with Crippen LogP contribution in [0.5, 0.6) is 0 Å². The number of amides is 1. The van der Waals surface area contributed by atoms with E-state index in [0.29, 0.717) is 10.7 Å². The first kappa shape index (κ1) is 15.3. The van der Waals surface area contributed by atoms with Gasteiger partial charge in [-0.15, -0.1) is 11.3 Å². The van der Waals surface area contributed by atoms with Crippen LogP contribution in [-0.2, 0) is 0 Å². The van der Waals surface area contributed by atoms with Crippen LogP contribution in [-0.4, -0.2) is 15.9 Å². The molecule has 1 amide bonds. The minimum Gasteiger partial charge on any atom is -0.298 e. The summed E-state index contributed by atoms with van der Waals surface area (Å²) < 4.78 is 13.9. The number of aryl methyl sites for hydroxylation is 2. The van der Waals surface area contributed by atoms with E-state index in [1.165, 1.54) is 23.5 Å². The Balaban J connectivity index is 1.94. The summed E-state index contributed by atoms with van der Waals surface area (Å²) in [6.45, 7) is 3.76. The predicted octanol–water partition coefficient (Wildman–Crippen LogP) is 4.21. The number of nitrogens with zero attached hydrogens (tertiary/aromatic N) is 2. The molecule has 2 aromatic heterocycles. The summed E-state index contributed by atoms with van der Waals surface area (Å²) in [5.74, 6) is -0.854. The number of carbonyl (C=O) groups excluding carboxylic acids is 1. The molecular weight excluding hydrogens is 313 g/mol. The van der Waals surface area contributed by atoms with Gasteiger partial charge in [0.2, 0.25) is 0 Å². The SMILES string of the molecule is Cc1csc(NC(=O)c2cc(F)cc(-c3cnccc3C)c2)n1. The quantitative estimate of drug-likeness (QED) is 0.784. The standard InChI is InChI=1S/C17H14FN3OS/c1-10-3-4-19-8-15(10)12-5-13(7-14(18)6-12)16(22)21-17-20-11(2)9-23-17/h3-9H,1-2H3,(H,20,21,22). The van der Waals surface area contributed by atoms with Gasteiger partial charge in [-0.2, -0.15) is 0 Å². The van der Waals surface area contributed by atoms with Crippen molar-refractivity contribution in [2.24, 2.45) is 0 Å². The highest BCUT2D eigenvalue weighted by Gasteiger charge is 2.13. The molecule has 0 bridgehead atoms. The molecule has 116 valence electrons. The molecule has 1 aromatic carbocycles. The van der Waals surface area contributed by atoms with Crippen LogP contribution in [0.2, 0.25) is 0 Å². The largest absolute Gasteiger partial charge is 0.298 e. The minimum atomic E-state index is -0.466. The van der Waals surface area contributed by atoms with Crippen molar-refractivity contribution in [2.45, 2.75) is 13.8 Å². The molecule has 0 spiro atoms. The van der Waals surface area contributed by atoms with Crippen molar-refractivity contribution in [3.05, 3.63) is 64.7 Å². The number of benzene rings is 1.